The summed E-state index contributed by atoms with van der Waals surface area (Å²) < 4.78 is 5.36. The molecule has 4 rings (SSSR count). The topological polar surface area (TPSA) is 43.1 Å². The van der Waals surface area contributed by atoms with Crippen LogP contribution in [0.2, 0.25) is 10.0 Å². The third-order valence-corrected chi connectivity index (χ3v) is 5.53. The van der Waals surface area contributed by atoms with Gasteiger partial charge in [0.15, 0.2) is 5.58 Å². The molecule has 0 bridgehead atoms. The number of hydrogen-bond donors (Lipinski definition) is 0. The molecule has 0 saturated carbocycles. The third-order valence-electron chi connectivity index (χ3n) is 3.26. The van der Waals surface area contributed by atoms with Crippen molar-refractivity contribution >= 4 is 56.8 Å². The molecule has 3 nitrogen and oxygen atoms in total. The normalized spacial score (nSPS) is 11.2. The molecule has 0 atom stereocenters. The second kappa shape index (κ2) is 5.76. The van der Waals surface area contributed by atoms with Crippen molar-refractivity contribution in [2.45, 2.75) is 0 Å². The first-order valence-electron chi connectivity index (χ1n) is 6.54. The number of aromatic nitrogens is 1. The van der Waals surface area contributed by atoms with Gasteiger partial charge >= 0.3 is 5.63 Å². The summed E-state index contributed by atoms with van der Waals surface area (Å²) >= 11 is 15.1. The molecule has 0 spiro atoms. The van der Waals surface area contributed by atoms with Crippen LogP contribution in [0.5, 0.6) is 0 Å². The number of thiazole rings is 1. The molecule has 0 fully saturated rings. The van der Waals surface area contributed by atoms with Crippen LogP contribution < -0.4 is 5.63 Å². The fourth-order valence-electron chi connectivity index (χ4n) is 2.24. The molecule has 3 aromatic heterocycles. The van der Waals surface area contributed by atoms with Crippen molar-refractivity contribution in [1.82, 2.24) is 4.98 Å². The van der Waals surface area contributed by atoms with Gasteiger partial charge in [0.05, 0.1) is 21.2 Å². The number of halogens is 2. The molecule has 0 N–H and O–H groups in total. The van der Waals surface area contributed by atoms with Crippen molar-refractivity contribution in [3.8, 4) is 21.1 Å². The number of nitrogens with zero attached hydrogens (tertiary/aromatic N) is 1. The standard InChI is InChI=1S/C16H7Cl2NO2S2/c17-9-4-8-5-10(16(20)21-14(8)11(18)6-9)15-19-12(7-23-15)13-2-1-3-22-13/h1-7H. The van der Waals surface area contributed by atoms with E-state index in [0.717, 1.165) is 10.6 Å². The monoisotopic (exact) mass is 379 g/mol. The highest BCUT2D eigenvalue weighted by Gasteiger charge is 2.14. The van der Waals surface area contributed by atoms with Crippen LogP contribution in [0, 0.1) is 0 Å². The van der Waals surface area contributed by atoms with Gasteiger partial charge in [0.2, 0.25) is 0 Å². The van der Waals surface area contributed by atoms with E-state index >= 15 is 0 Å². The van der Waals surface area contributed by atoms with Gasteiger partial charge in [-0.05, 0) is 29.6 Å². The Balaban J connectivity index is 1.89. The maximum atomic E-state index is 12.3. The van der Waals surface area contributed by atoms with Gasteiger partial charge in [0.1, 0.15) is 5.01 Å². The lowest BCUT2D eigenvalue weighted by Crippen LogP contribution is -2.02. The van der Waals surface area contributed by atoms with Gasteiger partial charge in [-0.3, -0.25) is 0 Å². The zero-order chi connectivity index (χ0) is 16.0. The van der Waals surface area contributed by atoms with Gasteiger partial charge in [-0.15, -0.1) is 22.7 Å². The van der Waals surface area contributed by atoms with Crippen LogP contribution >= 0.6 is 45.9 Å². The van der Waals surface area contributed by atoms with Crippen LogP contribution in [0.4, 0.5) is 0 Å². The molecule has 3 heterocycles. The molecule has 0 radical (unpaired) electrons. The summed E-state index contributed by atoms with van der Waals surface area (Å²) in [6.07, 6.45) is 0. The lowest BCUT2D eigenvalue weighted by Gasteiger charge is -2.02. The number of fused-ring (bicyclic) bond motifs is 1. The zero-order valence-electron chi connectivity index (χ0n) is 11.4. The molecule has 0 unspecified atom stereocenters. The molecule has 23 heavy (non-hydrogen) atoms. The summed E-state index contributed by atoms with van der Waals surface area (Å²) in [5.41, 5.74) is 1.13. The Kier molecular flexibility index (Phi) is 3.73. The van der Waals surface area contributed by atoms with E-state index < -0.39 is 5.63 Å². The van der Waals surface area contributed by atoms with Gasteiger partial charge in [-0.1, -0.05) is 29.3 Å². The van der Waals surface area contributed by atoms with E-state index in [1.807, 2.05) is 22.9 Å². The zero-order valence-corrected chi connectivity index (χ0v) is 14.5. The van der Waals surface area contributed by atoms with Crippen LogP contribution in [0.3, 0.4) is 0 Å². The quantitative estimate of drug-likeness (QED) is 0.404. The van der Waals surface area contributed by atoms with E-state index in [2.05, 4.69) is 4.98 Å². The maximum absolute atomic E-state index is 12.3. The van der Waals surface area contributed by atoms with E-state index in [-0.39, 0.29) is 0 Å². The highest BCUT2D eigenvalue weighted by molar-refractivity contribution is 7.15. The predicted octanol–water partition coefficient (Wildman–Crippen LogP) is 5.95. The van der Waals surface area contributed by atoms with Crippen molar-refractivity contribution < 1.29 is 4.42 Å². The van der Waals surface area contributed by atoms with Crippen LogP contribution in [0.1, 0.15) is 0 Å². The van der Waals surface area contributed by atoms with Crippen LogP contribution in [-0.2, 0) is 0 Å². The Hall–Kier alpha value is -1.66. The lowest BCUT2D eigenvalue weighted by molar-refractivity contribution is 0.563. The molecular formula is C16H7Cl2NO2S2. The summed E-state index contributed by atoms with van der Waals surface area (Å²) in [7, 11) is 0. The third kappa shape index (κ3) is 2.70. The summed E-state index contributed by atoms with van der Waals surface area (Å²) in [6, 6.07) is 8.94. The van der Waals surface area contributed by atoms with Crippen LogP contribution in [0.15, 0.2) is 50.3 Å². The molecule has 0 saturated heterocycles. The van der Waals surface area contributed by atoms with E-state index in [0.29, 0.717) is 31.6 Å². The molecule has 0 aliphatic rings. The van der Waals surface area contributed by atoms with Crippen molar-refractivity contribution in [2.24, 2.45) is 0 Å². The summed E-state index contributed by atoms with van der Waals surface area (Å²) in [4.78, 5) is 17.9. The minimum Gasteiger partial charge on any atom is -0.421 e. The van der Waals surface area contributed by atoms with Crippen LogP contribution in [-0.4, -0.2) is 4.98 Å². The molecule has 114 valence electrons. The number of rotatable bonds is 2. The fourth-order valence-corrected chi connectivity index (χ4v) is 4.37. The minimum absolute atomic E-state index is 0.314. The molecule has 4 aromatic rings. The largest absolute Gasteiger partial charge is 0.421 e. The van der Waals surface area contributed by atoms with Crippen molar-refractivity contribution in [3.05, 3.63) is 61.6 Å². The number of benzene rings is 1. The smallest absolute Gasteiger partial charge is 0.346 e. The molecule has 0 aliphatic heterocycles. The van der Waals surface area contributed by atoms with Crippen molar-refractivity contribution in [1.29, 1.82) is 0 Å². The molecule has 1 aromatic carbocycles. The Bertz CT molecular complexity index is 1070. The second-order valence-electron chi connectivity index (χ2n) is 4.77. The molecule has 0 aliphatic carbocycles. The number of thiophene rings is 1. The second-order valence-corrected chi connectivity index (χ2v) is 7.42. The van der Waals surface area contributed by atoms with Gasteiger partial charge in [0.25, 0.3) is 0 Å². The number of hydrogen-bond acceptors (Lipinski definition) is 5. The van der Waals surface area contributed by atoms with Gasteiger partial charge in [-0.2, -0.15) is 0 Å². The van der Waals surface area contributed by atoms with E-state index in [4.69, 9.17) is 27.6 Å². The molecule has 7 heteroatoms. The first kappa shape index (κ1) is 14.9. The van der Waals surface area contributed by atoms with Gasteiger partial charge < -0.3 is 4.42 Å². The predicted molar refractivity (Wildman–Crippen MR) is 96.9 cm³/mol. The molecular weight excluding hydrogens is 373 g/mol. The Morgan fingerprint density at radius 1 is 1.13 bits per heavy atom. The van der Waals surface area contributed by atoms with Crippen molar-refractivity contribution in [3.63, 3.8) is 0 Å². The first-order chi connectivity index (χ1) is 11.1. The summed E-state index contributed by atoms with van der Waals surface area (Å²) in [5.74, 6) is 0. The Morgan fingerprint density at radius 3 is 2.78 bits per heavy atom. The maximum Gasteiger partial charge on any atom is 0.346 e. The SMILES string of the molecule is O=c1oc2c(Cl)cc(Cl)cc2cc1-c1nc(-c2cccs2)cs1. The Labute approximate surface area is 148 Å². The first-order valence-corrected chi connectivity index (χ1v) is 9.06. The minimum atomic E-state index is -0.464. The average Bonchev–Trinajstić information content (AvgIpc) is 3.18. The van der Waals surface area contributed by atoms with E-state index in [1.54, 1.807) is 29.5 Å². The Morgan fingerprint density at radius 2 is 2.00 bits per heavy atom. The summed E-state index contributed by atoms with van der Waals surface area (Å²) in [6.45, 7) is 0. The molecule has 0 amide bonds. The van der Waals surface area contributed by atoms with E-state index in [9.17, 15) is 4.79 Å². The highest BCUT2D eigenvalue weighted by Crippen LogP contribution is 2.33. The fraction of sp³-hybridized carbons (Fsp3) is 0. The van der Waals surface area contributed by atoms with Crippen molar-refractivity contribution in [2.75, 3.05) is 0 Å². The highest BCUT2D eigenvalue weighted by atomic mass is 35.5. The average molecular weight is 380 g/mol. The van der Waals surface area contributed by atoms with Crippen LogP contribution in [0.25, 0.3) is 32.1 Å². The van der Waals surface area contributed by atoms with Gasteiger partial charge in [0, 0.05) is 15.8 Å². The summed E-state index contributed by atoms with van der Waals surface area (Å²) in [5, 5.41) is 6.00. The van der Waals surface area contributed by atoms with Gasteiger partial charge in [-0.25, -0.2) is 9.78 Å². The lowest BCUT2D eigenvalue weighted by atomic mass is 10.2. The van der Waals surface area contributed by atoms with E-state index in [1.165, 1.54) is 11.3 Å².